The van der Waals surface area contributed by atoms with Crippen LogP contribution in [0.2, 0.25) is 0 Å². The third-order valence-corrected chi connectivity index (χ3v) is 4.64. The number of carbonyl (C=O) groups excluding carboxylic acids is 1. The molecule has 3 rings (SSSR count). The highest BCUT2D eigenvalue weighted by Gasteiger charge is 2.34. The highest BCUT2D eigenvalue weighted by Crippen LogP contribution is 2.29. The summed E-state index contributed by atoms with van der Waals surface area (Å²) < 4.78 is 1.68. The summed E-state index contributed by atoms with van der Waals surface area (Å²) in [5.74, 6) is 0. The summed E-state index contributed by atoms with van der Waals surface area (Å²) in [6.45, 7) is 1.91. The van der Waals surface area contributed by atoms with Crippen molar-refractivity contribution in [3.05, 3.63) is 42.5 Å². The van der Waals surface area contributed by atoms with Gasteiger partial charge in [0.25, 0.3) is 0 Å². The fourth-order valence-electron chi connectivity index (χ4n) is 3.21. The lowest BCUT2D eigenvalue weighted by atomic mass is 9.99. The van der Waals surface area contributed by atoms with Crippen molar-refractivity contribution in [1.29, 1.82) is 0 Å². The number of nitrogens with one attached hydrogen (secondary N) is 2. The molecule has 1 unspecified atom stereocenters. The molecule has 0 saturated heterocycles. The second-order valence-corrected chi connectivity index (χ2v) is 6.40. The Balaban J connectivity index is 1.65. The maximum Gasteiger partial charge on any atom is 0.315 e. The van der Waals surface area contributed by atoms with Gasteiger partial charge in [-0.25, -0.2) is 14.5 Å². The maximum absolute atomic E-state index is 12.3. The summed E-state index contributed by atoms with van der Waals surface area (Å²) in [7, 11) is 0. The van der Waals surface area contributed by atoms with Gasteiger partial charge in [0.15, 0.2) is 0 Å². The van der Waals surface area contributed by atoms with Crippen LogP contribution in [-0.2, 0) is 0 Å². The van der Waals surface area contributed by atoms with Gasteiger partial charge in [0.1, 0.15) is 12.7 Å². The van der Waals surface area contributed by atoms with E-state index < -0.39 is 5.54 Å². The second-order valence-electron chi connectivity index (χ2n) is 6.40. The third kappa shape index (κ3) is 3.56. The van der Waals surface area contributed by atoms with Gasteiger partial charge in [-0.1, -0.05) is 25.0 Å². The van der Waals surface area contributed by atoms with Gasteiger partial charge >= 0.3 is 6.03 Å². The molecule has 1 aromatic carbocycles. The van der Waals surface area contributed by atoms with E-state index in [0.717, 1.165) is 36.9 Å². The van der Waals surface area contributed by atoms with Crippen LogP contribution in [0.15, 0.2) is 36.9 Å². The van der Waals surface area contributed by atoms with Crippen LogP contribution >= 0.6 is 0 Å². The van der Waals surface area contributed by atoms with E-state index in [1.807, 2.05) is 31.2 Å². The molecule has 2 amide bonds. The van der Waals surface area contributed by atoms with Crippen LogP contribution in [0, 0.1) is 0 Å². The largest absolute Gasteiger partial charge is 0.394 e. The average Bonchev–Trinajstić information content (AvgIpc) is 3.27. The van der Waals surface area contributed by atoms with Crippen molar-refractivity contribution >= 4 is 6.03 Å². The molecule has 1 fully saturated rings. The Hall–Kier alpha value is -2.41. The Kier molecular flexibility index (Phi) is 4.80. The van der Waals surface area contributed by atoms with E-state index in [1.54, 1.807) is 11.0 Å². The summed E-state index contributed by atoms with van der Waals surface area (Å²) in [4.78, 5) is 16.2. The molecule has 1 atom stereocenters. The summed E-state index contributed by atoms with van der Waals surface area (Å²) in [6.07, 6.45) is 6.85. The lowest BCUT2D eigenvalue weighted by molar-refractivity contribution is 0.162. The van der Waals surface area contributed by atoms with Crippen LogP contribution in [0.5, 0.6) is 0 Å². The number of amides is 2. The zero-order valence-electron chi connectivity index (χ0n) is 13.8. The molecule has 0 radical (unpaired) electrons. The monoisotopic (exact) mass is 329 g/mol. The number of aliphatic hydroxyl groups excluding tert-OH is 1. The molecule has 3 N–H and O–H groups in total. The Morgan fingerprint density at radius 3 is 2.88 bits per heavy atom. The predicted octanol–water partition coefficient (Wildman–Crippen LogP) is 1.93. The molecular weight excluding hydrogens is 306 g/mol. The Bertz CT molecular complexity index is 680. The maximum atomic E-state index is 12.3. The fraction of sp³-hybridized carbons (Fsp3) is 0.471. The highest BCUT2D eigenvalue weighted by atomic mass is 16.3. The Morgan fingerprint density at radius 2 is 2.21 bits per heavy atom. The van der Waals surface area contributed by atoms with Crippen molar-refractivity contribution in [3.63, 3.8) is 0 Å². The van der Waals surface area contributed by atoms with E-state index in [4.69, 9.17) is 0 Å². The lowest BCUT2D eigenvalue weighted by Gasteiger charge is -2.29. The van der Waals surface area contributed by atoms with Gasteiger partial charge in [0, 0.05) is 0 Å². The van der Waals surface area contributed by atoms with E-state index >= 15 is 0 Å². The smallest absolute Gasteiger partial charge is 0.315 e. The number of rotatable bonds is 5. The highest BCUT2D eigenvalue weighted by molar-refractivity contribution is 5.75. The van der Waals surface area contributed by atoms with Gasteiger partial charge in [-0.3, -0.25) is 0 Å². The second kappa shape index (κ2) is 7.00. The van der Waals surface area contributed by atoms with Crippen molar-refractivity contribution in [3.8, 4) is 5.69 Å². The molecule has 24 heavy (non-hydrogen) atoms. The lowest BCUT2D eigenvalue weighted by Crippen LogP contribution is -2.53. The summed E-state index contributed by atoms with van der Waals surface area (Å²) in [6, 6.07) is 7.38. The van der Waals surface area contributed by atoms with Gasteiger partial charge in [0.05, 0.1) is 23.9 Å². The minimum atomic E-state index is -0.466. The van der Waals surface area contributed by atoms with E-state index in [2.05, 4.69) is 20.7 Å². The molecule has 1 aliphatic carbocycles. The molecule has 2 aromatic rings. The zero-order valence-corrected chi connectivity index (χ0v) is 13.8. The molecule has 0 spiro atoms. The van der Waals surface area contributed by atoms with Crippen molar-refractivity contribution < 1.29 is 9.90 Å². The summed E-state index contributed by atoms with van der Waals surface area (Å²) in [5, 5.41) is 19.6. The molecule has 0 bridgehead atoms. The van der Waals surface area contributed by atoms with E-state index in [-0.39, 0.29) is 18.7 Å². The standard InChI is InChI=1S/C17H23N5O2/c1-13(20-16(24)21-17(10-23)7-2-3-8-17)14-5-4-6-15(9-14)22-12-18-11-19-22/h4-6,9,11-13,23H,2-3,7-8,10H2,1H3,(H2,20,21,24). The predicted molar refractivity (Wildman–Crippen MR) is 89.7 cm³/mol. The molecule has 1 aliphatic rings. The van der Waals surface area contributed by atoms with Crippen molar-refractivity contribution in [2.75, 3.05) is 6.61 Å². The molecule has 1 heterocycles. The topological polar surface area (TPSA) is 92.1 Å². The number of nitrogens with zero attached hydrogens (tertiary/aromatic N) is 3. The van der Waals surface area contributed by atoms with Gasteiger partial charge in [0.2, 0.25) is 0 Å². The minimum absolute atomic E-state index is 0.0173. The summed E-state index contributed by atoms with van der Waals surface area (Å²) in [5.41, 5.74) is 1.40. The molecule has 1 saturated carbocycles. The first-order chi connectivity index (χ1) is 11.6. The van der Waals surface area contributed by atoms with Crippen LogP contribution < -0.4 is 10.6 Å². The van der Waals surface area contributed by atoms with Gasteiger partial charge in [-0.2, -0.15) is 5.10 Å². The van der Waals surface area contributed by atoms with Crippen molar-refractivity contribution in [1.82, 2.24) is 25.4 Å². The molecule has 1 aromatic heterocycles. The first-order valence-electron chi connectivity index (χ1n) is 8.26. The van der Waals surface area contributed by atoms with Gasteiger partial charge < -0.3 is 15.7 Å². The minimum Gasteiger partial charge on any atom is -0.394 e. The van der Waals surface area contributed by atoms with Crippen LogP contribution in [0.1, 0.15) is 44.2 Å². The Labute approximate surface area is 141 Å². The SMILES string of the molecule is CC(NC(=O)NC1(CO)CCCC1)c1cccc(-n2cncn2)c1. The number of hydrogen-bond donors (Lipinski definition) is 3. The molecule has 7 heteroatoms. The van der Waals surface area contributed by atoms with E-state index in [1.165, 1.54) is 6.33 Å². The zero-order chi connectivity index (χ0) is 17.0. The molecule has 0 aliphatic heterocycles. The van der Waals surface area contributed by atoms with Crippen molar-refractivity contribution in [2.24, 2.45) is 0 Å². The number of aromatic nitrogens is 3. The first-order valence-corrected chi connectivity index (χ1v) is 8.26. The van der Waals surface area contributed by atoms with Crippen LogP contribution in [-0.4, -0.2) is 38.0 Å². The Morgan fingerprint density at radius 1 is 1.42 bits per heavy atom. The molecule has 7 nitrogen and oxygen atoms in total. The van der Waals surface area contributed by atoms with Crippen molar-refractivity contribution in [2.45, 2.75) is 44.2 Å². The van der Waals surface area contributed by atoms with Crippen LogP contribution in [0.4, 0.5) is 4.79 Å². The normalized spacial score (nSPS) is 17.4. The van der Waals surface area contributed by atoms with E-state index in [9.17, 15) is 9.90 Å². The number of urea groups is 1. The summed E-state index contributed by atoms with van der Waals surface area (Å²) >= 11 is 0. The molecule has 128 valence electrons. The van der Waals surface area contributed by atoms with Crippen LogP contribution in [0.3, 0.4) is 0 Å². The number of benzene rings is 1. The van der Waals surface area contributed by atoms with Gasteiger partial charge in [-0.15, -0.1) is 0 Å². The fourth-order valence-corrected chi connectivity index (χ4v) is 3.21. The number of carbonyl (C=O) groups is 1. The van der Waals surface area contributed by atoms with Gasteiger partial charge in [-0.05, 0) is 37.5 Å². The first kappa shape index (κ1) is 16.4. The number of aliphatic hydroxyl groups is 1. The third-order valence-electron chi connectivity index (χ3n) is 4.64. The van der Waals surface area contributed by atoms with Crippen LogP contribution in [0.25, 0.3) is 5.69 Å². The number of hydrogen-bond acceptors (Lipinski definition) is 4. The quantitative estimate of drug-likeness (QED) is 0.781. The van der Waals surface area contributed by atoms with E-state index in [0.29, 0.717) is 0 Å². The average molecular weight is 329 g/mol. The molecular formula is C17H23N5O2.